The van der Waals surface area contributed by atoms with E-state index in [1.165, 1.54) is 0 Å². The number of nitrogens with zero attached hydrogens (tertiary/aromatic N) is 1. The highest BCUT2D eigenvalue weighted by Gasteiger charge is 2.14. The molecule has 5 heteroatoms. The van der Waals surface area contributed by atoms with Gasteiger partial charge in [0.2, 0.25) is 5.88 Å². The van der Waals surface area contributed by atoms with Crippen LogP contribution in [-0.2, 0) is 0 Å². The second-order valence-corrected chi connectivity index (χ2v) is 5.80. The molecule has 0 spiro atoms. The molecule has 1 unspecified atom stereocenters. The van der Waals surface area contributed by atoms with Crippen LogP contribution in [0.4, 0.5) is 11.5 Å². The van der Waals surface area contributed by atoms with Crippen molar-refractivity contribution in [1.29, 1.82) is 0 Å². The van der Waals surface area contributed by atoms with Crippen LogP contribution in [0.2, 0.25) is 0 Å². The fourth-order valence-corrected chi connectivity index (χ4v) is 1.79. The van der Waals surface area contributed by atoms with Crippen molar-refractivity contribution < 1.29 is 9.84 Å². The third-order valence-corrected chi connectivity index (χ3v) is 3.02. The predicted molar refractivity (Wildman–Crippen MR) is 82.9 cm³/mol. The van der Waals surface area contributed by atoms with Gasteiger partial charge < -0.3 is 20.9 Å². The fraction of sp³-hybridized carbons (Fsp3) is 0.667. The van der Waals surface area contributed by atoms with Crippen molar-refractivity contribution in [2.45, 2.75) is 40.2 Å². The predicted octanol–water partition coefficient (Wildman–Crippen LogP) is 2.52. The molecule has 1 atom stereocenters. The van der Waals surface area contributed by atoms with E-state index in [0.717, 1.165) is 5.82 Å². The van der Waals surface area contributed by atoms with Gasteiger partial charge in [-0.25, -0.2) is 0 Å². The Morgan fingerprint density at radius 3 is 2.55 bits per heavy atom. The largest absolute Gasteiger partial charge is 0.476 e. The van der Waals surface area contributed by atoms with Crippen molar-refractivity contribution in [1.82, 2.24) is 4.98 Å². The average molecular weight is 281 g/mol. The molecule has 1 heterocycles. The minimum absolute atomic E-state index is 0.154. The van der Waals surface area contributed by atoms with Gasteiger partial charge in [-0.2, -0.15) is 4.98 Å². The number of pyridine rings is 1. The van der Waals surface area contributed by atoms with Crippen molar-refractivity contribution in [3.8, 4) is 5.88 Å². The molecule has 0 radical (unpaired) electrons. The summed E-state index contributed by atoms with van der Waals surface area (Å²) >= 11 is 0. The smallest absolute Gasteiger partial charge is 0.239 e. The Hall–Kier alpha value is -1.49. The van der Waals surface area contributed by atoms with Gasteiger partial charge in [-0.1, -0.05) is 27.7 Å². The van der Waals surface area contributed by atoms with Gasteiger partial charge >= 0.3 is 0 Å². The highest BCUT2D eigenvalue weighted by Crippen LogP contribution is 2.23. The van der Waals surface area contributed by atoms with Crippen molar-refractivity contribution >= 4 is 11.5 Å². The minimum atomic E-state index is 0.154. The lowest BCUT2D eigenvalue weighted by Crippen LogP contribution is -2.27. The lowest BCUT2D eigenvalue weighted by atomic mass is 10.0. The number of nitrogens with two attached hydrogens (primary N) is 1. The van der Waals surface area contributed by atoms with Crippen LogP contribution in [-0.4, -0.2) is 29.3 Å². The molecule has 0 aromatic carbocycles. The first kappa shape index (κ1) is 16.6. The molecule has 1 rings (SSSR count). The van der Waals surface area contributed by atoms with Gasteiger partial charge in [-0.05, 0) is 30.4 Å². The monoisotopic (exact) mass is 281 g/mol. The maximum Gasteiger partial charge on any atom is 0.239 e. The summed E-state index contributed by atoms with van der Waals surface area (Å²) in [6.45, 7) is 9.12. The van der Waals surface area contributed by atoms with E-state index < -0.39 is 0 Å². The van der Waals surface area contributed by atoms with Crippen molar-refractivity contribution in [2.75, 3.05) is 24.3 Å². The number of nitrogens with one attached hydrogen (secondary N) is 1. The van der Waals surface area contributed by atoms with Gasteiger partial charge in [0.05, 0.1) is 12.3 Å². The number of nitrogen functional groups attached to an aromatic ring is 1. The van der Waals surface area contributed by atoms with Gasteiger partial charge in [-0.3, -0.25) is 0 Å². The molecule has 0 fully saturated rings. The van der Waals surface area contributed by atoms with Gasteiger partial charge in [0.1, 0.15) is 5.82 Å². The molecule has 1 aromatic heterocycles. The zero-order valence-electron chi connectivity index (χ0n) is 12.9. The quantitative estimate of drug-likeness (QED) is 0.682. The summed E-state index contributed by atoms with van der Waals surface area (Å²) in [5.74, 6) is 2.02. The van der Waals surface area contributed by atoms with E-state index in [1.807, 2.05) is 6.07 Å². The normalized spacial score (nSPS) is 12.8. The van der Waals surface area contributed by atoms with Gasteiger partial charge in [0.25, 0.3) is 0 Å². The molecule has 0 aliphatic carbocycles. The molecule has 0 saturated carbocycles. The zero-order valence-corrected chi connectivity index (χ0v) is 12.9. The van der Waals surface area contributed by atoms with E-state index in [9.17, 15) is 0 Å². The number of ether oxygens (including phenoxy) is 1. The second kappa shape index (κ2) is 7.94. The third-order valence-electron chi connectivity index (χ3n) is 3.02. The number of anilines is 2. The third kappa shape index (κ3) is 5.25. The molecule has 0 aliphatic heterocycles. The number of rotatable bonds is 8. The molecular formula is C15H27N3O2. The van der Waals surface area contributed by atoms with Crippen molar-refractivity contribution in [2.24, 2.45) is 11.8 Å². The maximum atomic E-state index is 9.10. The molecule has 20 heavy (non-hydrogen) atoms. The van der Waals surface area contributed by atoms with E-state index in [4.69, 9.17) is 15.6 Å². The number of aliphatic hydroxyl groups excluding tert-OH is 1. The van der Waals surface area contributed by atoms with Crippen LogP contribution in [0, 0.1) is 11.8 Å². The molecular weight excluding hydrogens is 254 g/mol. The fourth-order valence-electron chi connectivity index (χ4n) is 1.79. The van der Waals surface area contributed by atoms with E-state index in [-0.39, 0.29) is 12.6 Å². The van der Waals surface area contributed by atoms with Gasteiger partial charge in [0, 0.05) is 12.6 Å². The van der Waals surface area contributed by atoms with Crippen LogP contribution in [0.15, 0.2) is 12.1 Å². The highest BCUT2D eigenvalue weighted by molar-refractivity contribution is 5.53. The Labute approximate surface area is 121 Å². The summed E-state index contributed by atoms with van der Waals surface area (Å²) in [5.41, 5.74) is 6.41. The first-order valence-corrected chi connectivity index (χ1v) is 7.20. The van der Waals surface area contributed by atoms with Crippen LogP contribution in [0.5, 0.6) is 5.88 Å². The van der Waals surface area contributed by atoms with Gasteiger partial charge in [-0.15, -0.1) is 0 Å². The molecule has 114 valence electrons. The Balaban J connectivity index is 2.77. The Bertz CT molecular complexity index is 408. The Morgan fingerprint density at radius 2 is 2.00 bits per heavy atom. The second-order valence-electron chi connectivity index (χ2n) is 5.80. The number of aromatic nitrogens is 1. The van der Waals surface area contributed by atoms with Crippen molar-refractivity contribution in [3.63, 3.8) is 0 Å². The molecule has 0 amide bonds. The maximum absolute atomic E-state index is 9.10. The van der Waals surface area contributed by atoms with Crippen LogP contribution >= 0.6 is 0 Å². The summed E-state index contributed by atoms with van der Waals surface area (Å²) in [7, 11) is 0. The molecule has 5 nitrogen and oxygen atoms in total. The average Bonchev–Trinajstić information content (AvgIpc) is 2.38. The van der Waals surface area contributed by atoms with Crippen LogP contribution in [0.3, 0.4) is 0 Å². The summed E-state index contributed by atoms with van der Waals surface area (Å²) in [6.07, 6.45) is 0.686. The summed E-state index contributed by atoms with van der Waals surface area (Å²) in [5, 5.41) is 12.4. The summed E-state index contributed by atoms with van der Waals surface area (Å²) < 4.78 is 5.62. The standard InChI is InChI=1S/C15H27N3O2/c1-10(2)9-20-15-12(16)5-6-14(18-15)17-13(7-8-19)11(3)4/h5-6,10-11,13,19H,7-9,16H2,1-4H3,(H,17,18). The van der Waals surface area contributed by atoms with E-state index in [2.05, 4.69) is 38.0 Å². The van der Waals surface area contributed by atoms with E-state index in [1.54, 1.807) is 6.07 Å². The Morgan fingerprint density at radius 1 is 1.30 bits per heavy atom. The minimum Gasteiger partial charge on any atom is -0.476 e. The van der Waals surface area contributed by atoms with Crippen LogP contribution in [0.25, 0.3) is 0 Å². The van der Waals surface area contributed by atoms with E-state index in [0.29, 0.717) is 36.4 Å². The SMILES string of the molecule is CC(C)COc1nc(NC(CCO)C(C)C)ccc1N. The van der Waals surface area contributed by atoms with Crippen LogP contribution in [0.1, 0.15) is 34.1 Å². The van der Waals surface area contributed by atoms with Crippen LogP contribution < -0.4 is 15.8 Å². The first-order valence-electron chi connectivity index (χ1n) is 7.20. The molecule has 0 saturated heterocycles. The topological polar surface area (TPSA) is 80.4 Å². The highest BCUT2D eigenvalue weighted by atomic mass is 16.5. The van der Waals surface area contributed by atoms with Crippen molar-refractivity contribution in [3.05, 3.63) is 12.1 Å². The van der Waals surface area contributed by atoms with E-state index >= 15 is 0 Å². The molecule has 0 aliphatic rings. The first-order chi connectivity index (χ1) is 9.43. The molecule has 4 N–H and O–H groups in total. The molecule has 1 aromatic rings. The summed E-state index contributed by atoms with van der Waals surface area (Å²) in [4.78, 5) is 4.41. The lowest BCUT2D eigenvalue weighted by Gasteiger charge is -2.22. The number of aliphatic hydroxyl groups is 1. The Kier molecular flexibility index (Phi) is 6.58. The number of hydrogen-bond acceptors (Lipinski definition) is 5. The van der Waals surface area contributed by atoms with Gasteiger partial charge in [0.15, 0.2) is 0 Å². The number of hydrogen-bond donors (Lipinski definition) is 3. The zero-order chi connectivity index (χ0) is 15.1. The molecule has 0 bridgehead atoms. The summed E-state index contributed by atoms with van der Waals surface area (Å²) in [6, 6.07) is 3.81. The lowest BCUT2D eigenvalue weighted by molar-refractivity contribution is 0.262.